The van der Waals surface area contributed by atoms with Crippen molar-refractivity contribution in [3.63, 3.8) is 0 Å². The van der Waals surface area contributed by atoms with Gasteiger partial charge in [0.25, 0.3) is 5.91 Å². The molecule has 1 aliphatic rings. The molecule has 36 heavy (non-hydrogen) atoms. The lowest BCUT2D eigenvalue weighted by molar-refractivity contribution is -0.135. The average molecular weight is 508 g/mol. The van der Waals surface area contributed by atoms with E-state index < -0.39 is 12.2 Å². The van der Waals surface area contributed by atoms with Gasteiger partial charge in [-0.2, -0.15) is 5.01 Å². The van der Waals surface area contributed by atoms with Crippen LogP contribution in [-0.4, -0.2) is 35.8 Å². The molecule has 2 amide bonds. The van der Waals surface area contributed by atoms with E-state index in [1.54, 1.807) is 66.7 Å². The molecule has 10 heteroatoms. The summed E-state index contributed by atoms with van der Waals surface area (Å²) < 4.78 is 16.6. The van der Waals surface area contributed by atoms with Crippen LogP contribution in [0.2, 0.25) is 5.02 Å². The van der Waals surface area contributed by atoms with Crippen LogP contribution in [0, 0.1) is 0 Å². The first kappa shape index (κ1) is 24.7. The Labute approximate surface area is 212 Å². The maximum Gasteiger partial charge on any atom is 0.308 e. The van der Waals surface area contributed by atoms with E-state index in [4.69, 9.17) is 25.8 Å². The Hall–Kier alpha value is -4.37. The number of rotatable bonds is 6. The first-order chi connectivity index (χ1) is 17.3. The van der Waals surface area contributed by atoms with Crippen LogP contribution in [0.4, 0.5) is 5.69 Å². The van der Waals surface area contributed by atoms with Crippen molar-refractivity contribution < 1.29 is 28.6 Å². The minimum absolute atomic E-state index is 0.0847. The van der Waals surface area contributed by atoms with Crippen molar-refractivity contribution in [3.05, 3.63) is 88.4 Å². The second kappa shape index (κ2) is 10.5. The molecule has 184 valence electrons. The van der Waals surface area contributed by atoms with E-state index in [2.05, 4.69) is 10.4 Å². The molecule has 0 fully saturated rings. The van der Waals surface area contributed by atoms with Crippen LogP contribution in [0.1, 0.15) is 41.6 Å². The third-order valence-electron chi connectivity index (χ3n) is 5.21. The monoisotopic (exact) mass is 507 g/mol. The summed E-state index contributed by atoms with van der Waals surface area (Å²) in [5.41, 5.74) is 1.84. The third-order valence-corrected chi connectivity index (χ3v) is 5.54. The quantitative estimate of drug-likeness (QED) is 0.380. The number of benzene rings is 3. The molecule has 0 saturated carbocycles. The van der Waals surface area contributed by atoms with Crippen LogP contribution in [0.15, 0.2) is 71.8 Å². The Balaban J connectivity index is 1.58. The number of methoxy groups -OCH3 is 1. The van der Waals surface area contributed by atoms with Crippen LogP contribution in [0.3, 0.4) is 0 Å². The summed E-state index contributed by atoms with van der Waals surface area (Å²) in [6, 6.07) is 18.3. The van der Waals surface area contributed by atoms with Crippen molar-refractivity contribution in [2.75, 3.05) is 12.4 Å². The van der Waals surface area contributed by atoms with E-state index >= 15 is 0 Å². The molecule has 3 aromatic carbocycles. The molecule has 1 heterocycles. The van der Waals surface area contributed by atoms with Crippen molar-refractivity contribution >= 4 is 41.0 Å². The van der Waals surface area contributed by atoms with Gasteiger partial charge in [0.15, 0.2) is 0 Å². The van der Waals surface area contributed by atoms with Crippen LogP contribution >= 0.6 is 11.6 Å². The van der Waals surface area contributed by atoms with Crippen LogP contribution < -0.4 is 14.8 Å². The summed E-state index contributed by atoms with van der Waals surface area (Å²) in [6.07, 6.45) is -0.873. The highest BCUT2D eigenvalue weighted by Gasteiger charge is 2.34. The van der Waals surface area contributed by atoms with Crippen molar-refractivity contribution in [1.29, 1.82) is 0 Å². The molecule has 0 spiro atoms. The van der Waals surface area contributed by atoms with Gasteiger partial charge in [-0.05, 0) is 42.5 Å². The molecule has 4 rings (SSSR count). The van der Waals surface area contributed by atoms with Gasteiger partial charge in [-0.3, -0.25) is 14.4 Å². The Morgan fingerprint density at radius 2 is 1.75 bits per heavy atom. The summed E-state index contributed by atoms with van der Waals surface area (Å²) in [6.45, 7) is 2.64. The topological polar surface area (TPSA) is 107 Å². The lowest BCUT2D eigenvalue weighted by Gasteiger charge is -2.19. The largest absolute Gasteiger partial charge is 0.497 e. The number of ether oxygens (including phenoxy) is 3. The van der Waals surface area contributed by atoms with Crippen LogP contribution in [-0.2, 0) is 14.3 Å². The second-order valence-electron chi connectivity index (χ2n) is 7.75. The number of amides is 2. The molecule has 3 aromatic rings. The zero-order valence-corrected chi connectivity index (χ0v) is 20.4. The predicted molar refractivity (Wildman–Crippen MR) is 133 cm³/mol. The number of esters is 1. The van der Waals surface area contributed by atoms with E-state index in [-0.39, 0.29) is 23.5 Å². The maximum atomic E-state index is 12.5. The van der Waals surface area contributed by atoms with E-state index in [0.717, 1.165) is 0 Å². The number of halogens is 1. The van der Waals surface area contributed by atoms with Gasteiger partial charge in [0, 0.05) is 25.1 Å². The molecule has 1 atom stereocenters. The van der Waals surface area contributed by atoms with Gasteiger partial charge in [-0.1, -0.05) is 35.9 Å². The Morgan fingerprint density at radius 1 is 1.03 bits per heavy atom. The number of hydrogen-bond donors (Lipinski definition) is 1. The zero-order valence-electron chi connectivity index (χ0n) is 19.7. The van der Waals surface area contributed by atoms with E-state index in [1.807, 2.05) is 0 Å². The molecule has 0 aromatic heterocycles. The third kappa shape index (κ3) is 5.31. The summed E-state index contributed by atoms with van der Waals surface area (Å²) in [7, 11) is 1.50. The van der Waals surface area contributed by atoms with Gasteiger partial charge in [-0.25, -0.2) is 0 Å². The fourth-order valence-corrected chi connectivity index (χ4v) is 3.74. The summed E-state index contributed by atoms with van der Waals surface area (Å²) >= 11 is 6.10. The van der Waals surface area contributed by atoms with E-state index in [1.165, 1.54) is 26.0 Å². The lowest BCUT2D eigenvalue weighted by Crippen LogP contribution is -2.25. The van der Waals surface area contributed by atoms with Crippen molar-refractivity contribution in [2.24, 2.45) is 5.10 Å². The van der Waals surface area contributed by atoms with E-state index in [9.17, 15) is 14.4 Å². The zero-order chi connectivity index (χ0) is 25.8. The minimum Gasteiger partial charge on any atom is -0.497 e. The number of nitrogens with one attached hydrogen (secondary N) is 1. The van der Waals surface area contributed by atoms with Gasteiger partial charge in [0.2, 0.25) is 18.0 Å². The van der Waals surface area contributed by atoms with Crippen LogP contribution in [0.25, 0.3) is 0 Å². The Kier molecular flexibility index (Phi) is 7.21. The second-order valence-corrected chi connectivity index (χ2v) is 8.16. The van der Waals surface area contributed by atoms with Gasteiger partial charge in [0.05, 0.1) is 23.3 Å². The SMILES string of the molecule is COc1ccc(OC(C)=O)c(C2=NN(C(C)=O)[C@H](c3ccc(NC(=O)c4ccccc4Cl)cc3)O2)c1. The molecule has 0 saturated heterocycles. The standard InChI is InChI=1S/C26H22ClN3O6/c1-15(31)30-26(36-25(29-30)21-14-19(34-3)12-13-23(21)35-16(2)32)17-8-10-18(11-9-17)28-24(33)20-6-4-5-7-22(20)27/h4-14,26H,1-3H3,(H,28,33)/t26-/m0/s1. The Morgan fingerprint density at radius 3 is 2.39 bits per heavy atom. The molecule has 1 N–H and O–H groups in total. The normalized spacial score (nSPS) is 14.5. The number of carbonyl (C=O) groups is 3. The van der Waals surface area contributed by atoms with Crippen LogP contribution in [0.5, 0.6) is 11.5 Å². The molecule has 1 aliphatic heterocycles. The predicted octanol–water partition coefficient (Wildman–Crippen LogP) is 4.77. The Bertz CT molecular complexity index is 1360. The smallest absolute Gasteiger partial charge is 0.308 e. The number of hydrogen-bond acceptors (Lipinski definition) is 7. The summed E-state index contributed by atoms with van der Waals surface area (Å²) in [5.74, 6) is -0.441. The van der Waals surface area contributed by atoms with Gasteiger partial charge < -0.3 is 19.5 Å². The summed E-state index contributed by atoms with van der Waals surface area (Å²) in [4.78, 5) is 36.5. The first-order valence-electron chi connectivity index (χ1n) is 10.8. The van der Waals surface area contributed by atoms with Gasteiger partial charge in [0.1, 0.15) is 11.5 Å². The van der Waals surface area contributed by atoms with Gasteiger partial charge >= 0.3 is 5.97 Å². The fraction of sp³-hybridized carbons (Fsp3) is 0.154. The molecule has 0 radical (unpaired) electrons. The van der Waals surface area contributed by atoms with Gasteiger partial charge in [-0.15, -0.1) is 5.10 Å². The highest BCUT2D eigenvalue weighted by molar-refractivity contribution is 6.34. The molecule has 0 aliphatic carbocycles. The maximum absolute atomic E-state index is 12.5. The number of anilines is 1. The summed E-state index contributed by atoms with van der Waals surface area (Å²) in [5, 5.41) is 8.64. The first-order valence-corrected chi connectivity index (χ1v) is 11.2. The minimum atomic E-state index is -0.873. The fourth-order valence-electron chi connectivity index (χ4n) is 3.51. The lowest BCUT2D eigenvalue weighted by atomic mass is 10.1. The van der Waals surface area contributed by atoms with Crippen molar-refractivity contribution in [3.8, 4) is 11.5 Å². The highest BCUT2D eigenvalue weighted by Crippen LogP contribution is 2.34. The van der Waals surface area contributed by atoms with E-state index in [0.29, 0.717) is 33.1 Å². The molecular formula is C26H22ClN3O6. The average Bonchev–Trinajstić information content (AvgIpc) is 3.30. The number of nitrogens with zero attached hydrogens (tertiary/aromatic N) is 2. The molecule has 0 unspecified atom stereocenters. The number of carbonyl (C=O) groups excluding carboxylic acids is 3. The van der Waals surface area contributed by atoms with Crippen molar-refractivity contribution in [2.45, 2.75) is 20.1 Å². The molecule has 0 bridgehead atoms. The molecular weight excluding hydrogens is 486 g/mol. The molecule has 9 nitrogen and oxygen atoms in total. The van der Waals surface area contributed by atoms with Crippen molar-refractivity contribution in [1.82, 2.24) is 5.01 Å². The number of hydrazone groups is 1. The highest BCUT2D eigenvalue weighted by atomic mass is 35.5.